The molecule has 148 valence electrons. The summed E-state index contributed by atoms with van der Waals surface area (Å²) in [7, 11) is 0. The van der Waals surface area contributed by atoms with Gasteiger partial charge >= 0.3 is 5.97 Å². The van der Waals surface area contributed by atoms with Crippen LogP contribution in [0.4, 0.5) is 5.69 Å². The van der Waals surface area contributed by atoms with E-state index in [9.17, 15) is 14.7 Å². The number of hydrogen-bond donors (Lipinski definition) is 1. The summed E-state index contributed by atoms with van der Waals surface area (Å²) in [5, 5.41) is 9.25. The van der Waals surface area contributed by atoms with Crippen molar-refractivity contribution < 1.29 is 14.7 Å². The third-order valence-corrected chi connectivity index (χ3v) is 5.55. The van der Waals surface area contributed by atoms with Gasteiger partial charge < -0.3 is 5.11 Å². The van der Waals surface area contributed by atoms with E-state index in [0.29, 0.717) is 11.6 Å². The van der Waals surface area contributed by atoms with Crippen LogP contribution < -0.4 is 4.90 Å². The smallest absolute Gasteiger partial charge is 0.323 e. The quantitative estimate of drug-likeness (QED) is 0.799. The lowest BCUT2D eigenvalue weighted by Crippen LogP contribution is -2.51. The maximum Gasteiger partial charge on any atom is 0.323 e. The summed E-state index contributed by atoms with van der Waals surface area (Å²) >= 11 is 0. The van der Waals surface area contributed by atoms with Gasteiger partial charge in [-0.05, 0) is 62.9 Å². The molecule has 1 heterocycles. The molecule has 0 aromatic heterocycles. The predicted molar refractivity (Wildman–Crippen MR) is 110 cm³/mol. The number of carboxylic acid groups (broad SMARTS) is 1. The molecule has 0 radical (unpaired) electrons. The van der Waals surface area contributed by atoms with Crippen molar-refractivity contribution in [3.05, 3.63) is 66.2 Å². The summed E-state index contributed by atoms with van der Waals surface area (Å²) in [5.41, 5.74) is 1.99. The van der Waals surface area contributed by atoms with Gasteiger partial charge in [0.25, 0.3) is 0 Å². The fourth-order valence-corrected chi connectivity index (χ4v) is 3.91. The number of para-hydroxylation sites is 1. The monoisotopic (exact) mass is 380 g/mol. The molecular formula is C23H28N2O3. The van der Waals surface area contributed by atoms with Gasteiger partial charge in [0.2, 0.25) is 5.91 Å². The highest BCUT2D eigenvalue weighted by Crippen LogP contribution is 2.24. The van der Waals surface area contributed by atoms with Crippen molar-refractivity contribution in [2.24, 2.45) is 5.92 Å². The van der Waals surface area contributed by atoms with E-state index in [4.69, 9.17) is 0 Å². The molecule has 1 aliphatic rings. The molecule has 0 bridgehead atoms. The van der Waals surface area contributed by atoms with Crippen molar-refractivity contribution in [1.29, 1.82) is 0 Å². The second kappa shape index (κ2) is 9.51. The summed E-state index contributed by atoms with van der Waals surface area (Å²) in [6.45, 7) is 3.29. The number of rotatable bonds is 7. The number of aliphatic carboxylic acids is 1. The van der Waals surface area contributed by atoms with E-state index >= 15 is 0 Å². The zero-order valence-electron chi connectivity index (χ0n) is 16.3. The number of carbonyl (C=O) groups excluding carboxylic acids is 1. The van der Waals surface area contributed by atoms with Crippen LogP contribution in [0.3, 0.4) is 0 Å². The third kappa shape index (κ3) is 5.20. The highest BCUT2D eigenvalue weighted by molar-refractivity contribution is 6.00. The van der Waals surface area contributed by atoms with Gasteiger partial charge in [-0.15, -0.1) is 0 Å². The van der Waals surface area contributed by atoms with E-state index in [1.54, 1.807) is 12.1 Å². The van der Waals surface area contributed by atoms with Crippen molar-refractivity contribution in [1.82, 2.24) is 4.90 Å². The molecule has 1 atom stereocenters. The Bertz CT molecular complexity index is 771. The molecule has 1 amide bonds. The second-order valence-electron chi connectivity index (χ2n) is 7.50. The lowest BCUT2D eigenvalue weighted by Gasteiger charge is -2.37. The van der Waals surface area contributed by atoms with Crippen molar-refractivity contribution in [3.8, 4) is 0 Å². The van der Waals surface area contributed by atoms with Crippen LogP contribution in [-0.4, -0.2) is 47.6 Å². The van der Waals surface area contributed by atoms with Crippen LogP contribution >= 0.6 is 0 Å². The van der Waals surface area contributed by atoms with E-state index < -0.39 is 5.97 Å². The van der Waals surface area contributed by atoms with E-state index in [-0.39, 0.29) is 18.5 Å². The molecule has 28 heavy (non-hydrogen) atoms. The minimum Gasteiger partial charge on any atom is -0.480 e. The molecule has 1 fully saturated rings. The number of carbonyl (C=O) groups is 2. The Labute approximate surface area is 166 Å². The molecule has 1 saturated heterocycles. The summed E-state index contributed by atoms with van der Waals surface area (Å²) < 4.78 is 0. The first kappa shape index (κ1) is 20.1. The highest BCUT2D eigenvalue weighted by Gasteiger charge is 2.31. The van der Waals surface area contributed by atoms with Gasteiger partial charge in [0.15, 0.2) is 0 Å². The number of anilines is 1. The molecule has 5 nitrogen and oxygen atoms in total. The number of hydrogen-bond acceptors (Lipinski definition) is 3. The summed E-state index contributed by atoms with van der Waals surface area (Å²) in [5.74, 6) is -0.536. The molecule has 0 saturated carbocycles. The Morgan fingerprint density at radius 3 is 2.18 bits per heavy atom. The van der Waals surface area contributed by atoms with E-state index in [1.807, 2.05) is 31.2 Å². The number of benzene rings is 2. The molecular weight excluding hydrogens is 352 g/mol. The average molecular weight is 380 g/mol. The Morgan fingerprint density at radius 2 is 1.61 bits per heavy atom. The number of likely N-dealkylation sites (tertiary alicyclic amines) is 1. The molecule has 0 aliphatic carbocycles. The van der Waals surface area contributed by atoms with Crippen molar-refractivity contribution >= 4 is 17.6 Å². The van der Waals surface area contributed by atoms with Gasteiger partial charge in [-0.2, -0.15) is 0 Å². The van der Waals surface area contributed by atoms with Crippen LogP contribution in [0.1, 0.15) is 25.3 Å². The normalized spacial score (nSPS) is 16.5. The molecule has 2 aromatic rings. The number of nitrogens with zero attached hydrogens (tertiary/aromatic N) is 2. The average Bonchev–Trinajstić information content (AvgIpc) is 2.73. The predicted octanol–water partition coefficient (Wildman–Crippen LogP) is 3.45. The molecule has 1 N–H and O–H groups in total. The number of carboxylic acids is 1. The molecule has 0 spiro atoms. The van der Waals surface area contributed by atoms with Gasteiger partial charge in [0, 0.05) is 5.69 Å². The van der Waals surface area contributed by atoms with Crippen LogP contribution in [0.5, 0.6) is 0 Å². The Hall–Kier alpha value is -2.66. The fourth-order valence-electron chi connectivity index (χ4n) is 3.91. The van der Waals surface area contributed by atoms with E-state index in [0.717, 1.165) is 32.4 Å². The molecule has 1 unspecified atom stereocenters. The maximum atomic E-state index is 13.1. The van der Waals surface area contributed by atoms with Crippen molar-refractivity contribution in [3.63, 3.8) is 0 Å². The zero-order valence-corrected chi connectivity index (χ0v) is 16.3. The molecule has 1 aliphatic heterocycles. The maximum absolute atomic E-state index is 13.1. The van der Waals surface area contributed by atoms with Crippen LogP contribution in [0, 0.1) is 5.92 Å². The lowest BCUT2D eigenvalue weighted by molar-refractivity contribution is -0.137. The van der Waals surface area contributed by atoms with Gasteiger partial charge in [0.05, 0.1) is 6.04 Å². The van der Waals surface area contributed by atoms with Crippen LogP contribution in [0.15, 0.2) is 60.7 Å². The Balaban J connectivity index is 1.60. The molecule has 3 rings (SSSR count). The van der Waals surface area contributed by atoms with Crippen molar-refractivity contribution in [2.75, 3.05) is 24.5 Å². The first-order chi connectivity index (χ1) is 13.5. The Kier molecular flexibility index (Phi) is 6.82. The summed E-state index contributed by atoms with van der Waals surface area (Å²) in [4.78, 5) is 27.9. The standard InChI is InChI=1S/C23H28N2O3/c1-18(23(28)25(17-22(26)27)21-10-6-3-7-11-21)24-14-12-20(13-15-24)16-19-8-4-2-5-9-19/h2-11,18,20H,12-17H2,1H3,(H,26,27). The van der Waals surface area contributed by atoms with Gasteiger partial charge in [0.1, 0.15) is 6.54 Å². The first-order valence-electron chi connectivity index (χ1n) is 9.91. The van der Waals surface area contributed by atoms with Gasteiger partial charge in [-0.1, -0.05) is 48.5 Å². The van der Waals surface area contributed by atoms with Crippen LogP contribution in [0.2, 0.25) is 0 Å². The largest absolute Gasteiger partial charge is 0.480 e. The zero-order chi connectivity index (χ0) is 19.9. The lowest BCUT2D eigenvalue weighted by atomic mass is 9.89. The minimum atomic E-state index is -1.01. The fraction of sp³-hybridized carbons (Fsp3) is 0.391. The number of amides is 1. The van der Waals surface area contributed by atoms with Crippen LogP contribution in [-0.2, 0) is 16.0 Å². The first-order valence-corrected chi connectivity index (χ1v) is 9.91. The topological polar surface area (TPSA) is 60.9 Å². The number of piperidine rings is 1. The third-order valence-electron chi connectivity index (χ3n) is 5.55. The van der Waals surface area contributed by atoms with Crippen LogP contribution in [0.25, 0.3) is 0 Å². The molecule has 2 aromatic carbocycles. The summed E-state index contributed by atoms with van der Waals surface area (Å²) in [6, 6.07) is 19.2. The van der Waals surface area contributed by atoms with E-state index in [2.05, 4.69) is 29.2 Å². The highest BCUT2D eigenvalue weighted by atomic mass is 16.4. The minimum absolute atomic E-state index is 0.157. The Morgan fingerprint density at radius 1 is 1.04 bits per heavy atom. The summed E-state index contributed by atoms with van der Waals surface area (Å²) in [6.07, 6.45) is 3.18. The van der Waals surface area contributed by atoms with Gasteiger partial charge in [-0.3, -0.25) is 19.4 Å². The second-order valence-corrected chi connectivity index (χ2v) is 7.50. The molecule has 5 heteroatoms. The van der Waals surface area contributed by atoms with Crippen molar-refractivity contribution in [2.45, 2.75) is 32.2 Å². The van der Waals surface area contributed by atoms with Gasteiger partial charge in [-0.25, -0.2) is 0 Å². The SMILES string of the molecule is CC(C(=O)N(CC(=O)O)c1ccccc1)N1CCC(Cc2ccccc2)CC1. The van der Waals surface area contributed by atoms with E-state index in [1.165, 1.54) is 10.5 Å².